The summed E-state index contributed by atoms with van der Waals surface area (Å²) < 4.78 is 9.97. The Morgan fingerprint density at radius 3 is 2.48 bits per heavy atom. The molecule has 1 saturated heterocycles. The molecule has 0 unspecified atom stereocenters. The molecule has 0 aromatic carbocycles. The molecule has 10 heteroatoms. The second kappa shape index (κ2) is 10.7. The molecule has 1 aliphatic heterocycles. The number of aromatic nitrogens is 1. The van der Waals surface area contributed by atoms with E-state index in [-0.39, 0.29) is 35.1 Å². The molecule has 1 aromatic heterocycles. The van der Waals surface area contributed by atoms with Gasteiger partial charge in [0.05, 0.1) is 36.0 Å². The number of nitriles is 1. The Morgan fingerprint density at radius 1 is 1.28 bits per heavy atom. The van der Waals surface area contributed by atoms with Gasteiger partial charge in [-0.05, 0) is 32.8 Å². The summed E-state index contributed by atoms with van der Waals surface area (Å²) in [6.07, 6.45) is 0.875. The Labute approximate surface area is 173 Å². The van der Waals surface area contributed by atoms with Crippen molar-refractivity contribution in [1.82, 2.24) is 4.98 Å². The average molecular weight is 421 g/mol. The number of hydrogen-bond donors (Lipinski definition) is 1. The van der Waals surface area contributed by atoms with Gasteiger partial charge in [0.1, 0.15) is 16.9 Å². The summed E-state index contributed by atoms with van der Waals surface area (Å²) in [5.41, 5.74) is 0.309. The standard InChI is InChI=1S/C19H23N3O6S/c1-3-27-15(23)11-29-17-14(19(26)28-4-2)9-13(10-20)16(21-17)22-7-5-12(6-8-22)18(24)25/h9,12H,3-8,11H2,1-2H3,(H,24,25). The van der Waals surface area contributed by atoms with Gasteiger partial charge in [-0.15, -0.1) is 0 Å². The van der Waals surface area contributed by atoms with E-state index in [2.05, 4.69) is 4.98 Å². The summed E-state index contributed by atoms with van der Waals surface area (Å²) in [6, 6.07) is 3.46. The van der Waals surface area contributed by atoms with Crippen LogP contribution in [0.4, 0.5) is 5.82 Å². The lowest BCUT2D eigenvalue weighted by Gasteiger charge is -2.31. The number of carboxylic acid groups (broad SMARTS) is 1. The molecule has 0 bridgehead atoms. The Balaban J connectivity index is 2.34. The van der Waals surface area contributed by atoms with Gasteiger partial charge >= 0.3 is 17.9 Å². The number of piperidine rings is 1. The summed E-state index contributed by atoms with van der Waals surface area (Å²) >= 11 is 1.04. The first-order valence-corrected chi connectivity index (χ1v) is 10.3. The molecule has 2 heterocycles. The van der Waals surface area contributed by atoms with Gasteiger partial charge in [-0.25, -0.2) is 9.78 Å². The highest BCUT2D eigenvalue weighted by Gasteiger charge is 2.28. The molecule has 1 aromatic rings. The number of aliphatic carboxylic acids is 1. The van der Waals surface area contributed by atoms with Gasteiger partial charge in [-0.1, -0.05) is 11.8 Å². The molecule has 29 heavy (non-hydrogen) atoms. The van der Waals surface area contributed by atoms with E-state index >= 15 is 0 Å². The van der Waals surface area contributed by atoms with Crippen molar-refractivity contribution in [3.63, 3.8) is 0 Å². The topological polar surface area (TPSA) is 130 Å². The van der Waals surface area contributed by atoms with Gasteiger partial charge in [-0.2, -0.15) is 5.26 Å². The molecule has 2 rings (SSSR count). The minimum atomic E-state index is -0.832. The van der Waals surface area contributed by atoms with E-state index in [0.29, 0.717) is 31.7 Å². The maximum atomic E-state index is 12.3. The fraction of sp³-hybridized carbons (Fsp3) is 0.526. The summed E-state index contributed by atoms with van der Waals surface area (Å²) in [5.74, 6) is -1.99. The van der Waals surface area contributed by atoms with Crippen molar-refractivity contribution in [3.05, 3.63) is 17.2 Å². The van der Waals surface area contributed by atoms with E-state index in [4.69, 9.17) is 14.6 Å². The summed E-state index contributed by atoms with van der Waals surface area (Å²) in [6.45, 7) is 4.63. The number of carboxylic acids is 1. The van der Waals surface area contributed by atoms with Crippen LogP contribution in [0.5, 0.6) is 0 Å². The maximum absolute atomic E-state index is 12.3. The van der Waals surface area contributed by atoms with Crippen molar-refractivity contribution in [1.29, 1.82) is 5.26 Å². The highest BCUT2D eigenvalue weighted by Crippen LogP contribution is 2.31. The smallest absolute Gasteiger partial charge is 0.340 e. The summed E-state index contributed by atoms with van der Waals surface area (Å²) in [7, 11) is 0. The van der Waals surface area contributed by atoms with Crippen LogP contribution in [0, 0.1) is 17.2 Å². The Hall–Kier alpha value is -2.80. The van der Waals surface area contributed by atoms with Gasteiger partial charge in [-0.3, -0.25) is 9.59 Å². The normalized spacial score (nSPS) is 14.2. The first kappa shape index (κ1) is 22.5. The Morgan fingerprint density at radius 2 is 1.93 bits per heavy atom. The largest absolute Gasteiger partial charge is 0.481 e. The van der Waals surface area contributed by atoms with Crippen LogP contribution >= 0.6 is 11.8 Å². The molecule has 1 aliphatic rings. The van der Waals surface area contributed by atoms with Crippen LogP contribution in [0.25, 0.3) is 0 Å². The van der Waals surface area contributed by atoms with Crippen LogP contribution in [-0.2, 0) is 19.1 Å². The molecule has 1 N–H and O–H groups in total. The molecule has 0 spiro atoms. The first-order chi connectivity index (χ1) is 13.9. The second-order valence-electron chi connectivity index (χ2n) is 6.24. The molecule has 0 atom stereocenters. The van der Waals surface area contributed by atoms with E-state index in [9.17, 15) is 19.6 Å². The highest BCUT2D eigenvalue weighted by molar-refractivity contribution is 8.00. The molecule has 1 fully saturated rings. The number of ether oxygens (including phenoxy) is 2. The Bertz CT molecular complexity index is 815. The number of rotatable bonds is 8. The third kappa shape index (κ3) is 5.84. The number of anilines is 1. The van der Waals surface area contributed by atoms with Crippen LogP contribution in [0.2, 0.25) is 0 Å². The molecule has 9 nitrogen and oxygen atoms in total. The fourth-order valence-corrected chi connectivity index (χ4v) is 3.73. The van der Waals surface area contributed by atoms with Gasteiger partial charge in [0.15, 0.2) is 0 Å². The number of carbonyl (C=O) groups is 3. The van der Waals surface area contributed by atoms with Crippen molar-refractivity contribution in [3.8, 4) is 6.07 Å². The zero-order valence-corrected chi connectivity index (χ0v) is 17.2. The zero-order valence-electron chi connectivity index (χ0n) is 16.3. The van der Waals surface area contributed by atoms with Crippen LogP contribution in [0.15, 0.2) is 11.1 Å². The van der Waals surface area contributed by atoms with E-state index in [1.165, 1.54) is 6.07 Å². The average Bonchev–Trinajstić information content (AvgIpc) is 2.72. The third-order valence-electron chi connectivity index (χ3n) is 4.36. The lowest BCUT2D eigenvalue weighted by atomic mass is 9.97. The minimum absolute atomic E-state index is 0.0420. The van der Waals surface area contributed by atoms with Crippen molar-refractivity contribution in [2.24, 2.45) is 5.92 Å². The van der Waals surface area contributed by atoms with Crippen LogP contribution in [0.3, 0.4) is 0 Å². The number of carbonyl (C=O) groups excluding carboxylic acids is 2. The van der Waals surface area contributed by atoms with Crippen molar-refractivity contribution in [2.45, 2.75) is 31.7 Å². The number of thioether (sulfide) groups is 1. The van der Waals surface area contributed by atoms with E-state index in [0.717, 1.165) is 11.8 Å². The fourth-order valence-electron chi connectivity index (χ4n) is 2.94. The highest BCUT2D eigenvalue weighted by atomic mass is 32.2. The van der Waals surface area contributed by atoms with Gasteiger partial charge in [0, 0.05) is 13.1 Å². The third-order valence-corrected chi connectivity index (χ3v) is 5.32. The molecule has 0 radical (unpaired) electrons. The van der Waals surface area contributed by atoms with Crippen molar-refractivity contribution >= 4 is 35.5 Å². The molecule has 0 aliphatic carbocycles. The van der Waals surface area contributed by atoms with Crippen LogP contribution < -0.4 is 4.90 Å². The van der Waals surface area contributed by atoms with Gasteiger partial charge in [0.25, 0.3) is 0 Å². The van der Waals surface area contributed by atoms with Crippen molar-refractivity contribution < 1.29 is 29.0 Å². The zero-order chi connectivity index (χ0) is 21.4. The maximum Gasteiger partial charge on any atom is 0.340 e. The molecule has 0 saturated carbocycles. The summed E-state index contributed by atoms with van der Waals surface area (Å²) in [5, 5.41) is 19.0. The second-order valence-corrected chi connectivity index (χ2v) is 7.20. The SMILES string of the molecule is CCOC(=O)CSc1nc(N2CCC(C(=O)O)CC2)c(C#N)cc1C(=O)OCC. The number of hydrogen-bond acceptors (Lipinski definition) is 9. The summed E-state index contributed by atoms with van der Waals surface area (Å²) in [4.78, 5) is 41.5. The van der Waals surface area contributed by atoms with Crippen LogP contribution in [-0.4, -0.2) is 60.1 Å². The minimum Gasteiger partial charge on any atom is -0.481 e. The van der Waals surface area contributed by atoms with E-state index in [1.54, 1.807) is 13.8 Å². The van der Waals surface area contributed by atoms with Gasteiger partial charge < -0.3 is 19.5 Å². The Kier molecular flexibility index (Phi) is 8.27. The lowest BCUT2D eigenvalue weighted by Crippen LogP contribution is -2.37. The first-order valence-electron chi connectivity index (χ1n) is 9.29. The van der Waals surface area contributed by atoms with Crippen molar-refractivity contribution in [2.75, 3.05) is 37.0 Å². The van der Waals surface area contributed by atoms with Crippen LogP contribution in [0.1, 0.15) is 42.6 Å². The number of esters is 2. The molecule has 156 valence electrons. The quantitative estimate of drug-likeness (QED) is 0.492. The predicted octanol–water partition coefficient (Wildman–Crippen LogP) is 2.09. The van der Waals surface area contributed by atoms with E-state index in [1.807, 2.05) is 11.0 Å². The monoisotopic (exact) mass is 421 g/mol. The van der Waals surface area contributed by atoms with Gasteiger partial charge in [0.2, 0.25) is 0 Å². The number of nitrogens with zero attached hydrogens (tertiary/aromatic N) is 3. The van der Waals surface area contributed by atoms with E-state index < -0.39 is 23.8 Å². The predicted molar refractivity (Wildman–Crippen MR) is 105 cm³/mol. The molecular formula is C19H23N3O6S. The lowest BCUT2D eigenvalue weighted by molar-refractivity contribution is -0.142. The number of pyridine rings is 1. The molecular weight excluding hydrogens is 398 g/mol. The molecule has 0 amide bonds.